The van der Waals surface area contributed by atoms with Gasteiger partial charge in [0.1, 0.15) is 5.75 Å². The van der Waals surface area contributed by atoms with Crippen molar-refractivity contribution in [2.24, 2.45) is 0 Å². The molecule has 0 aliphatic heterocycles. The molecule has 0 atom stereocenters. The monoisotopic (exact) mass is 668 g/mol. The van der Waals surface area contributed by atoms with Gasteiger partial charge in [0.2, 0.25) is 11.5 Å². The molecule has 51 heavy (non-hydrogen) atoms. The van der Waals surface area contributed by atoms with Gasteiger partial charge in [-0.3, -0.25) is 0 Å². The maximum absolute atomic E-state index is 12.6. The zero-order chi connectivity index (χ0) is 35.1. The molecule has 7 heteroatoms. The first-order valence-corrected chi connectivity index (χ1v) is 16.3. The molecule has 0 bridgehead atoms. The van der Waals surface area contributed by atoms with E-state index in [0.29, 0.717) is 22.1 Å². The van der Waals surface area contributed by atoms with E-state index in [2.05, 4.69) is 0 Å². The summed E-state index contributed by atoms with van der Waals surface area (Å²) >= 11 is 0. The van der Waals surface area contributed by atoms with Gasteiger partial charge < -0.3 is 35.7 Å². The van der Waals surface area contributed by atoms with Gasteiger partial charge in [0, 0.05) is 32.7 Å². The second-order valence-corrected chi connectivity index (χ2v) is 12.7. The molecule has 7 nitrogen and oxygen atoms in total. The molecule has 0 unspecified atom stereocenters. The predicted octanol–water partition coefficient (Wildman–Crippen LogP) is 10.4. The fraction of sp³-hybridized carbons (Fsp3) is 0. The average molecular weight is 669 g/mol. The fourth-order valence-corrected chi connectivity index (χ4v) is 7.60. The Morgan fingerprint density at radius 2 is 0.686 bits per heavy atom. The third-order valence-electron chi connectivity index (χ3n) is 9.95. The summed E-state index contributed by atoms with van der Waals surface area (Å²) < 4.78 is 0. The van der Waals surface area contributed by atoms with Crippen LogP contribution in [-0.4, -0.2) is 35.7 Å². The molecule has 0 aliphatic rings. The van der Waals surface area contributed by atoms with E-state index in [4.69, 9.17) is 0 Å². The van der Waals surface area contributed by atoms with Crippen LogP contribution in [-0.2, 0) is 0 Å². The van der Waals surface area contributed by atoms with Crippen LogP contribution in [0.1, 0.15) is 0 Å². The number of phenolic OH excluding ortho intramolecular Hbond substituents is 7. The lowest BCUT2D eigenvalue weighted by atomic mass is 9.81. The van der Waals surface area contributed by atoms with E-state index in [1.54, 1.807) is 24.3 Å². The molecular formula is C44H28O7. The Hall–Kier alpha value is -7.12. The van der Waals surface area contributed by atoms with Gasteiger partial charge in [-0.25, -0.2) is 0 Å². The van der Waals surface area contributed by atoms with Gasteiger partial charge in [-0.05, 0) is 61.1 Å². The lowest BCUT2D eigenvalue weighted by molar-refractivity contribution is 0.351. The molecule has 0 spiro atoms. The Bertz CT molecular complexity index is 2940. The SMILES string of the molecule is Oc1c(O)c(O)c2c(-c3ccc4ccccc4c3)c3c(O)c(-c4cccc5ccccc45)c(O)c(O)c3c(-c3ccc4ccccc4c3)c2c1O. The molecular weight excluding hydrogens is 640 g/mol. The van der Waals surface area contributed by atoms with E-state index >= 15 is 0 Å². The van der Waals surface area contributed by atoms with Gasteiger partial charge in [0.05, 0.1) is 5.56 Å². The first-order chi connectivity index (χ1) is 24.7. The minimum Gasteiger partial charge on any atom is -0.506 e. The lowest BCUT2D eigenvalue weighted by Gasteiger charge is -2.24. The molecule has 7 N–H and O–H groups in total. The van der Waals surface area contributed by atoms with Crippen LogP contribution in [0.2, 0.25) is 0 Å². The standard InChI is InChI=1S/C44H28O7/c45-38-33(30-15-7-13-24-10-5-6-14-29(24)30)39(46)40(47)35-32(28-19-17-23-9-2-4-12-26(23)21-28)37-36(41(48)43(50)44(51)42(37)49)31(34(35)38)27-18-16-22-8-1-3-11-25(22)20-27/h1-21,45-51H. The quantitative estimate of drug-likeness (QED) is 0.0564. The third-order valence-corrected chi connectivity index (χ3v) is 9.95. The van der Waals surface area contributed by atoms with Crippen LogP contribution >= 0.6 is 0 Å². The van der Waals surface area contributed by atoms with Crippen LogP contribution in [0.3, 0.4) is 0 Å². The van der Waals surface area contributed by atoms with Crippen molar-refractivity contribution in [3.8, 4) is 73.6 Å². The Morgan fingerprint density at radius 1 is 0.275 bits per heavy atom. The van der Waals surface area contributed by atoms with Crippen molar-refractivity contribution in [1.29, 1.82) is 0 Å². The minimum absolute atomic E-state index is 0.0407. The Labute approximate surface area is 290 Å². The van der Waals surface area contributed by atoms with Gasteiger partial charge in [-0.1, -0.05) is 115 Å². The van der Waals surface area contributed by atoms with Gasteiger partial charge in [-0.15, -0.1) is 0 Å². The highest BCUT2D eigenvalue weighted by Crippen LogP contribution is 2.62. The fourth-order valence-electron chi connectivity index (χ4n) is 7.60. The number of aromatic hydroxyl groups is 7. The van der Waals surface area contributed by atoms with E-state index in [1.807, 2.05) is 103 Å². The van der Waals surface area contributed by atoms with Crippen LogP contribution in [0.15, 0.2) is 127 Å². The molecule has 0 amide bonds. The normalized spacial score (nSPS) is 11.7. The largest absolute Gasteiger partial charge is 0.506 e. The summed E-state index contributed by atoms with van der Waals surface area (Å²) in [5.41, 5.74) is 1.53. The second-order valence-electron chi connectivity index (χ2n) is 12.7. The number of hydrogen-bond donors (Lipinski definition) is 7. The predicted molar refractivity (Wildman–Crippen MR) is 202 cm³/mol. The molecule has 9 aromatic carbocycles. The van der Waals surface area contributed by atoms with Gasteiger partial charge in [-0.2, -0.15) is 0 Å². The minimum atomic E-state index is -0.967. The molecule has 0 radical (unpaired) electrons. The molecule has 0 heterocycles. The van der Waals surface area contributed by atoms with Gasteiger partial charge in [0.15, 0.2) is 23.0 Å². The van der Waals surface area contributed by atoms with Crippen molar-refractivity contribution in [3.05, 3.63) is 127 Å². The molecule has 0 aromatic heterocycles. The Kier molecular flexibility index (Phi) is 6.44. The number of hydrogen-bond acceptors (Lipinski definition) is 7. The maximum Gasteiger partial charge on any atom is 0.204 e. The van der Waals surface area contributed by atoms with E-state index in [1.165, 1.54) is 0 Å². The number of rotatable bonds is 3. The molecule has 9 rings (SSSR count). The summed E-state index contributed by atoms with van der Waals surface area (Å²) in [7, 11) is 0. The highest BCUT2D eigenvalue weighted by Gasteiger charge is 2.33. The van der Waals surface area contributed by atoms with E-state index < -0.39 is 40.2 Å². The average Bonchev–Trinajstić information content (AvgIpc) is 3.17. The van der Waals surface area contributed by atoms with E-state index in [9.17, 15) is 35.7 Å². The van der Waals surface area contributed by atoms with Crippen molar-refractivity contribution < 1.29 is 35.7 Å². The summed E-state index contributed by atoms with van der Waals surface area (Å²) in [6.07, 6.45) is 0. The molecule has 0 fully saturated rings. The molecule has 246 valence electrons. The Balaban J connectivity index is 1.58. The Morgan fingerprint density at radius 3 is 1.22 bits per heavy atom. The van der Waals surface area contributed by atoms with Crippen LogP contribution < -0.4 is 0 Å². The molecule has 0 saturated carbocycles. The van der Waals surface area contributed by atoms with Crippen LogP contribution in [0.25, 0.3) is 87.2 Å². The van der Waals surface area contributed by atoms with E-state index in [-0.39, 0.29) is 38.2 Å². The molecule has 0 aliphatic carbocycles. The second kappa shape index (κ2) is 10.9. The maximum atomic E-state index is 12.6. The summed E-state index contributed by atoms with van der Waals surface area (Å²) in [6.45, 7) is 0. The van der Waals surface area contributed by atoms with Crippen molar-refractivity contribution in [3.63, 3.8) is 0 Å². The van der Waals surface area contributed by atoms with Crippen molar-refractivity contribution >= 4 is 53.9 Å². The zero-order valence-corrected chi connectivity index (χ0v) is 26.8. The van der Waals surface area contributed by atoms with E-state index in [0.717, 1.165) is 26.9 Å². The van der Waals surface area contributed by atoms with Crippen LogP contribution in [0, 0.1) is 0 Å². The van der Waals surface area contributed by atoms with Gasteiger partial charge in [0.25, 0.3) is 0 Å². The molecule has 9 aromatic rings. The zero-order valence-electron chi connectivity index (χ0n) is 26.8. The summed E-state index contributed by atoms with van der Waals surface area (Å²) in [4.78, 5) is 0. The lowest BCUT2D eigenvalue weighted by Crippen LogP contribution is -1.96. The highest BCUT2D eigenvalue weighted by atomic mass is 16.3. The first kappa shape index (κ1) is 30.0. The molecule has 0 saturated heterocycles. The van der Waals surface area contributed by atoms with Crippen molar-refractivity contribution in [2.75, 3.05) is 0 Å². The number of phenols is 7. The van der Waals surface area contributed by atoms with Crippen molar-refractivity contribution in [1.82, 2.24) is 0 Å². The van der Waals surface area contributed by atoms with Crippen LogP contribution in [0.5, 0.6) is 40.2 Å². The summed E-state index contributed by atoms with van der Waals surface area (Å²) in [5, 5.41) is 86.9. The summed E-state index contributed by atoms with van der Waals surface area (Å²) in [5.74, 6) is -5.03. The first-order valence-electron chi connectivity index (χ1n) is 16.3. The smallest absolute Gasteiger partial charge is 0.204 e. The number of benzene rings is 9. The third kappa shape index (κ3) is 4.25. The highest BCUT2D eigenvalue weighted by molar-refractivity contribution is 6.30. The van der Waals surface area contributed by atoms with Crippen LogP contribution in [0.4, 0.5) is 0 Å². The number of fused-ring (bicyclic) bond motifs is 5. The van der Waals surface area contributed by atoms with Gasteiger partial charge >= 0.3 is 0 Å². The topological polar surface area (TPSA) is 142 Å². The van der Waals surface area contributed by atoms with Crippen molar-refractivity contribution in [2.45, 2.75) is 0 Å². The summed E-state index contributed by atoms with van der Waals surface area (Å²) in [6, 6.07) is 38.9.